The van der Waals surface area contributed by atoms with Gasteiger partial charge in [0, 0.05) is 35.9 Å². The second-order valence-corrected chi connectivity index (χ2v) is 7.70. The van der Waals surface area contributed by atoms with Gasteiger partial charge in [-0.3, -0.25) is 9.59 Å². The summed E-state index contributed by atoms with van der Waals surface area (Å²) in [6.45, 7) is 5.67. The highest BCUT2D eigenvalue weighted by Gasteiger charge is 2.40. The van der Waals surface area contributed by atoms with E-state index in [0.29, 0.717) is 23.9 Å². The van der Waals surface area contributed by atoms with Gasteiger partial charge in [-0.25, -0.2) is 0 Å². The molecule has 2 amide bonds. The van der Waals surface area contributed by atoms with Crippen LogP contribution in [0.15, 0.2) is 24.3 Å². The van der Waals surface area contributed by atoms with Crippen molar-refractivity contribution >= 4 is 23.4 Å². The zero-order valence-corrected chi connectivity index (χ0v) is 16.4. The first-order chi connectivity index (χ1) is 12.4. The van der Waals surface area contributed by atoms with E-state index in [4.69, 9.17) is 22.1 Å². The number of ether oxygens (including phenoxy) is 1. The van der Waals surface area contributed by atoms with Crippen molar-refractivity contribution in [3.63, 3.8) is 0 Å². The average Bonchev–Trinajstić information content (AvgIpc) is 2.62. The second-order valence-electron chi connectivity index (χ2n) is 7.26. The molecule has 5 nitrogen and oxygen atoms in total. The molecule has 1 aliphatic heterocycles. The van der Waals surface area contributed by atoms with E-state index in [9.17, 15) is 9.59 Å². The van der Waals surface area contributed by atoms with Gasteiger partial charge in [0.1, 0.15) is 5.75 Å². The highest BCUT2D eigenvalue weighted by Crippen LogP contribution is 2.35. The summed E-state index contributed by atoms with van der Waals surface area (Å²) in [4.78, 5) is 26.4. The summed E-state index contributed by atoms with van der Waals surface area (Å²) in [5, 5.41) is 0.642. The van der Waals surface area contributed by atoms with Crippen molar-refractivity contribution in [2.75, 3.05) is 19.7 Å². The molecule has 0 bridgehead atoms. The van der Waals surface area contributed by atoms with Gasteiger partial charge in [0.25, 0.3) is 0 Å². The first-order valence-corrected chi connectivity index (χ1v) is 9.72. The number of carbonyl (C=O) groups is 2. The van der Waals surface area contributed by atoms with Gasteiger partial charge in [0.05, 0.1) is 6.61 Å². The minimum atomic E-state index is -0.439. The fraction of sp³-hybridized carbons (Fsp3) is 0.600. The molecule has 144 valence electrons. The standard InChI is InChI=1S/C20H29ClN2O3/c1-3-15(4-2)19(25)23-11-5-10-20(13-23,12-18(22)24)14-26-17-8-6-16(21)7-9-17/h6-9,15H,3-5,10-14H2,1-2H3,(H2,22,24). The van der Waals surface area contributed by atoms with Crippen molar-refractivity contribution < 1.29 is 14.3 Å². The summed E-state index contributed by atoms with van der Waals surface area (Å²) >= 11 is 5.91. The lowest BCUT2D eigenvalue weighted by atomic mass is 9.77. The largest absolute Gasteiger partial charge is 0.493 e. The maximum Gasteiger partial charge on any atom is 0.225 e. The number of hydrogen-bond donors (Lipinski definition) is 1. The number of nitrogens with two attached hydrogens (primary N) is 1. The summed E-state index contributed by atoms with van der Waals surface area (Å²) in [7, 11) is 0. The van der Waals surface area contributed by atoms with Crippen molar-refractivity contribution in [2.45, 2.75) is 46.0 Å². The fourth-order valence-corrected chi connectivity index (χ4v) is 3.87. The Hall–Kier alpha value is -1.75. The zero-order chi connectivity index (χ0) is 19.2. The first kappa shape index (κ1) is 20.6. The summed E-state index contributed by atoms with van der Waals surface area (Å²) < 4.78 is 5.94. The molecule has 1 fully saturated rings. The van der Waals surface area contributed by atoms with E-state index in [1.807, 2.05) is 18.7 Å². The maximum atomic E-state index is 12.8. The lowest BCUT2D eigenvalue weighted by Gasteiger charge is -2.43. The molecular weight excluding hydrogens is 352 g/mol. The van der Waals surface area contributed by atoms with Crippen molar-refractivity contribution in [1.82, 2.24) is 4.90 Å². The third-order valence-electron chi connectivity index (χ3n) is 5.22. The summed E-state index contributed by atoms with van der Waals surface area (Å²) in [5.41, 5.74) is 5.08. The molecule has 0 aromatic heterocycles. The molecule has 1 saturated heterocycles. The predicted molar refractivity (Wildman–Crippen MR) is 103 cm³/mol. The number of likely N-dealkylation sites (tertiary alicyclic amines) is 1. The summed E-state index contributed by atoms with van der Waals surface area (Å²) in [6.07, 6.45) is 3.54. The van der Waals surface area contributed by atoms with Gasteiger partial charge in [-0.15, -0.1) is 0 Å². The van der Waals surface area contributed by atoms with Crippen LogP contribution >= 0.6 is 11.6 Å². The number of piperidine rings is 1. The number of benzene rings is 1. The topological polar surface area (TPSA) is 72.6 Å². The van der Waals surface area contributed by atoms with Crippen molar-refractivity contribution in [2.24, 2.45) is 17.1 Å². The molecule has 2 rings (SSSR count). The average molecular weight is 381 g/mol. The zero-order valence-electron chi connectivity index (χ0n) is 15.7. The number of nitrogens with zero attached hydrogens (tertiary/aromatic N) is 1. The van der Waals surface area contributed by atoms with E-state index in [2.05, 4.69) is 0 Å². The molecule has 2 N–H and O–H groups in total. The molecule has 1 aliphatic rings. The Labute approximate surface area is 160 Å². The molecule has 0 saturated carbocycles. The van der Waals surface area contributed by atoms with Crippen LogP contribution in [-0.4, -0.2) is 36.4 Å². The Kier molecular flexibility index (Phi) is 7.33. The molecule has 1 aromatic rings. The molecule has 0 spiro atoms. The molecule has 0 aliphatic carbocycles. The minimum absolute atomic E-state index is 0.0385. The van der Waals surface area contributed by atoms with E-state index in [0.717, 1.165) is 32.2 Å². The second kappa shape index (κ2) is 9.26. The minimum Gasteiger partial charge on any atom is -0.493 e. The van der Waals surface area contributed by atoms with Crippen LogP contribution in [0.25, 0.3) is 0 Å². The molecule has 1 unspecified atom stereocenters. The van der Waals surface area contributed by atoms with Crippen LogP contribution in [0, 0.1) is 11.3 Å². The third kappa shape index (κ3) is 5.37. The van der Waals surface area contributed by atoms with Crippen molar-refractivity contribution in [3.05, 3.63) is 29.3 Å². The van der Waals surface area contributed by atoms with Crippen LogP contribution in [0.3, 0.4) is 0 Å². The Balaban J connectivity index is 2.12. The van der Waals surface area contributed by atoms with E-state index < -0.39 is 5.41 Å². The van der Waals surface area contributed by atoms with Crippen LogP contribution < -0.4 is 10.5 Å². The van der Waals surface area contributed by atoms with Crippen LogP contribution in [0.5, 0.6) is 5.75 Å². The molecule has 26 heavy (non-hydrogen) atoms. The fourth-order valence-electron chi connectivity index (χ4n) is 3.74. The summed E-state index contributed by atoms with van der Waals surface area (Å²) in [5.74, 6) is 0.551. The van der Waals surface area contributed by atoms with Gasteiger partial charge in [0.15, 0.2) is 0 Å². The third-order valence-corrected chi connectivity index (χ3v) is 5.47. The predicted octanol–water partition coefficient (Wildman–Crippen LogP) is 3.64. The number of amides is 2. The molecule has 6 heteroatoms. The van der Waals surface area contributed by atoms with Gasteiger partial charge in [-0.1, -0.05) is 25.4 Å². The van der Waals surface area contributed by atoms with Crippen LogP contribution in [0.4, 0.5) is 0 Å². The van der Waals surface area contributed by atoms with Gasteiger partial charge < -0.3 is 15.4 Å². The number of primary amides is 1. The van der Waals surface area contributed by atoms with E-state index >= 15 is 0 Å². The highest BCUT2D eigenvalue weighted by atomic mass is 35.5. The van der Waals surface area contributed by atoms with Crippen molar-refractivity contribution in [1.29, 1.82) is 0 Å². The molecular formula is C20H29ClN2O3. The number of hydrogen-bond acceptors (Lipinski definition) is 3. The molecule has 1 heterocycles. The summed E-state index contributed by atoms with van der Waals surface area (Å²) in [6, 6.07) is 7.13. The quantitative estimate of drug-likeness (QED) is 0.748. The van der Waals surface area contributed by atoms with E-state index in [1.165, 1.54) is 0 Å². The molecule has 0 radical (unpaired) electrons. The van der Waals surface area contributed by atoms with Gasteiger partial charge in [0.2, 0.25) is 11.8 Å². The van der Waals surface area contributed by atoms with Gasteiger partial charge >= 0.3 is 0 Å². The molecule has 1 atom stereocenters. The van der Waals surface area contributed by atoms with Gasteiger partial charge in [-0.2, -0.15) is 0 Å². The number of carbonyl (C=O) groups excluding carboxylic acids is 2. The number of rotatable bonds is 8. The number of halogens is 1. The Bertz CT molecular complexity index is 616. The highest BCUT2D eigenvalue weighted by molar-refractivity contribution is 6.30. The van der Waals surface area contributed by atoms with Crippen LogP contribution in [0.2, 0.25) is 5.02 Å². The van der Waals surface area contributed by atoms with Crippen LogP contribution in [0.1, 0.15) is 46.0 Å². The Morgan fingerprint density at radius 3 is 2.50 bits per heavy atom. The molecule has 1 aromatic carbocycles. The maximum absolute atomic E-state index is 12.8. The van der Waals surface area contributed by atoms with E-state index in [1.54, 1.807) is 24.3 Å². The van der Waals surface area contributed by atoms with Gasteiger partial charge in [-0.05, 0) is 49.9 Å². The first-order valence-electron chi connectivity index (χ1n) is 9.34. The lowest BCUT2D eigenvalue weighted by Crippen LogP contribution is -2.51. The van der Waals surface area contributed by atoms with Crippen LogP contribution in [-0.2, 0) is 9.59 Å². The Morgan fingerprint density at radius 1 is 1.27 bits per heavy atom. The SMILES string of the molecule is CCC(CC)C(=O)N1CCCC(COc2ccc(Cl)cc2)(CC(N)=O)C1. The monoisotopic (exact) mass is 380 g/mol. The normalized spacial score (nSPS) is 20.2. The smallest absolute Gasteiger partial charge is 0.225 e. The van der Waals surface area contributed by atoms with E-state index in [-0.39, 0.29) is 24.2 Å². The Morgan fingerprint density at radius 2 is 1.92 bits per heavy atom. The lowest BCUT2D eigenvalue weighted by molar-refractivity contribution is -0.141. The van der Waals surface area contributed by atoms with Crippen molar-refractivity contribution in [3.8, 4) is 5.75 Å².